The van der Waals surface area contributed by atoms with E-state index in [-0.39, 0.29) is 18.4 Å². The van der Waals surface area contributed by atoms with E-state index in [1.54, 1.807) is 4.90 Å². The van der Waals surface area contributed by atoms with Crippen molar-refractivity contribution in [2.45, 2.75) is 20.4 Å². The van der Waals surface area contributed by atoms with Gasteiger partial charge in [-0.25, -0.2) is 0 Å². The van der Waals surface area contributed by atoms with Crippen molar-refractivity contribution in [2.75, 3.05) is 49.2 Å². The molecule has 3 aromatic rings. The Morgan fingerprint density at radius 3 is 2.56 bits per heavy atom. The van der Waals surface area contributed by atoms with Crippen molar-refractivity contribution < 1.29 is 19.1 Å². The molecule has 7 heteroatoms. The molecule has 0 spiro atoms. The van der Waals surface area contributed by atoms with E-state index in [1.807, 2.05) is 79.4 Å². The summed E-state index contributed by atoms with van der Waals surface area (Å²) in [6.45, 7) is 7.76. The van der Waals surface area contributed by atoms with Crippen LogP contribution in [0.15, 0.2) is 66.7 Å². The van der Waals surface area contributed by atoms with Gasteiger partial charge in [0.05, 0.1) is 24.5 Å². The highest BCUT2D eigenvalue weighted by atomic mass is 16.5. The maximum absolute atomic E-state index is 13.3. The van der Waals surface area contributed by atoms with E-state index in [2.05, 4.69) is 11.0 Å². The monoisotopic (exact) mass is 485 g/mol. The average molecular weight is 486 g/mol. The van der Waals surface area contributed by atoms with Crippen molar-refractivity contribution in [2.24, 2.45) is 0 Å². The molecule has 2 heterocycles. The number of hydrogen-bond donors (Lipinski definition) is 0. The number of carbonyl (C=O) groups is 2. The number of benzene rings is 3. The summed E-state index contributed by atoms with van der Waals surface area (Å²) in [5.41, 5.74) is 4.45. The molecule has 0 radical (unpaired) electrons. The number of amides is 2. The smallest absolute Gasteiger partial charge is 0.265 e. The minimum Gasteiger partial charge on any atom is -0.492 e. The van der Waals surface area contributed by atoms with Crippen LogP contribution in [0.1, 0.15) is 28.4 Å². The Kier molecular flexibility index (Phi) is 6.80. The van der Waals surface area contributed by atoms with Gasteiger partial charge in [0, 0.05) is 31.7 Å². The van der Waals surface area contributed by atoms with Crippen LogP contribution in [0.2, 0.25) is 0 Å². The third-order valence-corrected chi connectivity index (χ3v) is 6.64. The zero-order chi connectivity index (χ0) is 25.1. The molecule has 3 aromatic carbocycles. The first-order valence-electron chi connectivity index (χ1n) is 12.4. The Balaban J connectivity index is 1.27. The van der Waals surface area contributed by atoms with Gasteiger partial charge in [-0.2, -0.15) is 0 Å². The Hall–Kier alpha value is -4.00. The van der Waals surface area contributed by atoms with Gasteiger partial charge in [0.2, 0.25) is 0 Å². The predicted octanol–water partition coefficient (Wildman–Crippen LogP) is 4.28. The third kappa shape index (κ3) is 4.87. The first-order chi connectivity index (χ1) is 17.5. The van der Waals surface area contributed by atoms with Gasteiger partial charge >= 0.3 is 0 Å². The maximum Gasteiger partial charge on any atom is 0.265 e. The van der Waals surface area contributed by atoms with Crippen LogP contribution in [-0.2, 0) is 11.3 Å². The minimum absolute atomic E-state index is 0.0131. The van der Waals surface area contributed by atoms with Crippen LogP contribution in [0, 0.1) is 6.92 Å². The summed E-state index contributed by atoms with van der Waals surface area (Å²) in [6.07, 6.45) is 0. The molecule has 0 saturated carbocycles. The summed E-state index contributed by atoms with van der Waals surface area (Å²) >= 11 is 0. The number of fused-ring (bicyclic) bond motifs is 1. The van der Waals surface area contributed by atoms with Gasteiger partial charge < -0.3 is 24.2 Å². The molecule has 2 aliphatic rings. The normalized spacial score (nSPS) is 15.4. The fourth-order valence-corrected chi connectivity index (χ4v) is 4.80. The Morgan fingerprint density at radius 1 is 0.944 bits per heavy atom. The Morgan fingerprint density at radius 2 is 1.75 bits per heavy atom. The van der Waals surface area contributed by atoms with Crippen LogP contribution < -0.4 is 19.3 Å². The van der Waals surface area contributed by atoms with E-state index in [9.17, 15) is 9.59 Å². The lowest BCUT2D eigenvalue weighted by atomic mass is 10.1. The molecule has 2 aliphatic heterocycles. The molecule has 5 rings (SSSR count). The molecule has 0 unspecified atom stereocenters. The lowest BCUT2D eigenvalue weighted by Gasteiger charge is -2.36. The van der Waals surface area contributed by atoms with Crippen LogP contribution in [0.25, 0.3) is 0 Å². The summed E-state index contributed by atoms with van der Waals surface area (Å²) in [6, 6.07) is 21.5. The van der Waals surface area contributed by atoms with E-state index < -0.39 is 0 Å². The van der Waals surface area contributed by atoms with Crippen LogP contribution in [0.5, 0.6) is 11.5 Å². The van der Waals surface area contributed by atoms with Crippen LogP contribution in [-0.4, -0.2) is 56.1 Å². The number of piperazine rings is 1. The minimum atomic E-state index is -0.0896. The molecule has 0 aromatic heterocycles. The summed E-state index contributed by atoms with van der Waals surface area (Å²) in [5, 5.41) is 0. The Bertz CT molecular complexity index is 1270. The molecule has 0 bridgehead atoms. The lowest BCUT2D eigenvalue weighted by molar-refractivity contribution is -0.121. The van der Waals surface area contributed by atoms with Gasteiger partial charge in [-0.1, -0.05) is 30.3 Å². The number of rotatable bonds is 6. The Labute approximate surface area is 211 Å². The summed E-state index contributed by atoms with van der Waals surface area (Å²) in [4.78, 5) is 31.9. The fraction of sp³-hybridized carbons (Fsp3) is 0.310. The number of hydrogen-bond acceptors (Lipinski definition) is 5. The fourth-order valence-electron chi connectivity index (χ4n) is 4.80. The third-order valence-electron chi connectivity index (χ3n) is 6.64. The summed E-state index contributed by atoms with van der Waals surface area (Å²) in [7, 11) is 0. The molecule has 1 fully saturated rings. The number of nitrogens with zero attached hydrogens (tertiary/aromatic N) is 3. The lowest BCUT2D eigenvalue weighted by Crippen LogP contribution is -2.48. The summed E-state index contributed by atoms with van der Waals surface area (Å²) in [5.74, 6) is 1.51. The molecule has 2 amide bonds. The first-order valence-corrected chi connectivity index (χ1v) is 12.4. The summed E-state index contributed by atoms with van der Waals surface area (Å²) < 4.78 is 11.4. The van der Waals surface area contributed by atoms with Gasteiger partial charge in [0.1, 0.15) is 11.5 Å². The molecule has 7 nitrogen and oxygen atoms in total. The SMILES string of the molecule is CCOc1ccccc1N1CCN(C(=O)c2cccc(CN3C(=O)COc4ccc(C)cc43)c2)CC1. The van der Waals surface area contributed by atoms with Gasteiger partial charge in [-0.05, 0) is 61.4 Å². The zero-order valence-electron chi connectivity index (χ0n) is 20.8. The number of anilines is 2. The molecule has 0 atom stereocenters. The van der Waals surface area contributed by atoms with Crippen molar-refractivity contribution in [1.82, 2.24) is 4.90 Å². The maximum atomic E-state index is 13.3. The van der Waals surface area contributed by atoms with Crippen molar-refractivity contribution in [3.63, 3.8) is 0 Å². The molecule has 0 aliphatic carbocycles. The van der Waals surface area contributed by atoms with Crippen molar-refractivity contribution in [3.05, 3.63) is 83.4 Å². The van der Waals surface area contributed by atoms with Gasteiger partial charge in [-0.3, -0.25) is 9.59 Å². The van der Waals surface area contributed by atoms with Crippen molar-refractivity contribution >= 4 is 23.2 Å². The number of carbonyl (C=O) groups excluding carboxylic acids is 2. The highest BCUT2D eigenvalue weighted by molar-refractivity contribution is 5.98. The van der Waals surface area contributed by atoms with Gasteiger partial charge in [-0.15, -0.1) is 0 Å². The van der Waals surface area contributed by atoms with E-state index in [4.69, 9.17) is 9.47 Å². The molecule has 1 saturated heterocycles. The molecule has 186 valence electrons. The predicted molar refractivity (Wildman–Crippen MR) is 140 cm³/mol. The zero-order valence-corrected chi connectivity index (χ0v) is 20.8. The van der Waals surface area contributed by atoms with Gasteiger partial charge in [0.25, 0.3) is 11.8 Å². The average Bonchev–Trinajstić information content (AvgIpc) is 2.91. The second-order valence-electron chi connectivity index (χ2n) is 9.12. The van der Waals surface area contributed by atoms with Crippen LogP contribution in [0.4, 0.5) is 11.4 Å². The molecular weight excluding hydrogens is 454 g/mol. The topological polar surface area (TPSA) is 62.3 Å². The van der Waals surface area contributed by atoms with Crippen LogP contribution >= 0.6 is 0 Å². The van der Waals surface area contributed by atoms with E-state index >= 15 is 0 Å². The van der Waals surface area contributed by atoms with Crippen LogP contribution in [0.3, 0.4) is 0 Å². The largest absolute Gasteiger partial charge is 0.492 e. The van der Waals surface area contributed by atoms with E-state index in [0.717, 1.165) is 41.3 Å². The molecule has 0 N–H and O–H groups in total. The number of aryl methyl sites for hydroxylation is 1. The standard InChI is InChI=1S/C29H31N3O4/c1-3-35-26-10-5-4-9-24(26)30-13-15-31(16-14-30)29(34)23-8-6-7-22(18-23)19-32-25-17-21(2)11-12-27(25)36-20-28(32)33/h4-12,17-18H,3,13-16,19-20H2,1-2H3. The highest BCUT2D eigenvalue weighted by Gasteiger charge is 2.27. The van der Waals surface area contributed by atoms with Gasteiger partial charge in [0.15, 0.2) is 6.61 Å². The second-order valence-corrected chi connectivity index (χ2v) is 9.12. The molecule has 36 heavy (non-hydrogen) atoms. The number of para-hydroxylation sites is 2. The van der Waals surface area contributed by atoms with Crippen molar-refractivity contribution in [3.8, 4) is 11.5 Å². The van der Waals surface area contributed by atoms with Crippen molar-refractivity contribution in [1.29, 1.82) is 0 Å². The molecular formula is C29H31N3O4. The van der Waals surface area contributed by atoms with E-state index in [0.29, 0.717) is 37.6 Å². The highest BCUT2D eigenvalue weighted by Crippen LogP contribution is 2.34. The second kappa shape index (κ2) is 10.3. The first kappa shape index (κ1) is 23.7. The number of ether oxygens (including phenoxy) is 2. The quantitative estimate of drug-likeness (QED) is 0.522. The van der Waals surface area contributed by atoms with E-state index in [1.165, 1.54) is 0 Å².